The summed E-state index contributed by atoms with van der Waals surface area (Å²) in [7, 11) is 0. The molecule has 2 heterocycles. The van der Waals surface area contributed by atoms with E-state index in [2.05, 4.69) is 22.6 Å². The number of carbonyl (C=O) groups is 2. The fourth-order valence-electron chi connectivity index (χ4n) is 4.48. The van der Waals surface area contributed by atoms with Gasteiger partial charge >= 0.3 is 5.91 Å². The van der Waals surface area contributed by atoms with Gasteiger partial charge in [-0.2, -0.15) is 0 Å². The number of ether oxygens (including phenoxy) is 1. The zero-order valence-electron chi connectivity index (χ0n) is 19.9. The number of aliphatic hydroxyl groups is 1. The minimum atomic E-state index is -0.810. The lowest BCUT2D eigenvalue weighted by Crippen LogP contribution is -2.29. The quantitative estimate of drug-likeness (QED) is 0.120. The second-order valence-electron chi connectivity index (χ2n) is 8.60. The molecule has 1 atom stereocenters. The highest BCUT2D eigenvalue weighted by Crippen LogP contribution is 2.44. The molecule has 182 valence electrons. The Morgan fingerprint density at radius 3 is 2.44 bits per heavy atom. The third-order valence-electron chi connectivity index (χ3n) is 6.09. The molecular formula is C28H23IN2O4S. The van der Waals surface area contributed by atoms with Crippen molar-refractivity contribution in [2.75, 3.05) is 11.5 Å². The Kier molecular flexibility index (Phi) is 6.57. The number of carbonyl (C=O) groups excluding carboxylic acids is 2. The Labute approximate surface area is 226 Å². The lowest BCUT2D eigenvalue weighted by Gasteiger charge is -2.23. The van der Waals surface area contributed by atoms with E-state index in [1.807, 2.05) is 57.2 Å². The molecule has 36 heavy (non-hydrogen) atoms. The van der Waals surface area contributed by atoms with Gasteiger partial charge in [-0.05, 0) is 103 Å². The van der Waals surface area contributed by atoms with Crippen LogP contribution in [-0.2, 0) is 9.59 Å². The van der Waals surface area contributed by atoms with Crippen LogP contribution in [0.15, 0.2) is 66.2 Å². The molecule has 1 unspecified atom stereocenters. The Morgan fingerprint density at radius 2 is 1.78 bits per heavy atom. The molecule has 0 radical (unpaired) electrons. The van der Waals surface area contributed by atoms with Crippen molar-refractivity contribution in [3.63, 3.8) is 0 Å². The molecule has 1 aromatic heterocycles. The van der Waals surface area contributed by atoms with Gasteiger partial charge in [0.25, 0.3) is 5.78 Å². The zero-order valence-corrected chi connectivity index (χ0v) is 22.9. The number of aryl methyl sites for hydroxylation is 2. The van der Waals surface area contributed by atoms with Gasteiger partial charge in [0.2, 0.25) is 0 Å². The van der Waals surface area contributed by atoms with Crippen molar-refractivity contribution in [1.82, 2.24) is 4.98 Å². The van der Waals surface area contributed by atoms with Crippen LogP contribution in [0, 0.1) is 17.4 Å². The van der Waals surface area contributed by atoms with E-state index >= 15 is 0 Å². The number of fused-ring (bicyclic) bond motifs is 1. The lowest BCUT2D eigenvalue weighted by molar-refractivity contribution is -0.132. The molecule has 1 N–H and O–H groups in total. The van der Waals surface area contributed by atoms with Crippen molar-refractivity contribution in [3.05, 3.63) is 92.1 Å². The number of nitrogens with zero attached hydrogens (tertiary/aromatic N) is 2. The third kappa shape index (κ3) is 4.28. The van der Waals surface area contributed by atoms with Gasteiger partial charge in [-0.1, -0.05) is 29.5 Å². The van der Waals surface area contributed by atoms with Gasteiger partial charge in [-0.25, -0.2) is 4.98 Å². The monoisotopic (exact) mass is 610 g/mol. The molecule has 0 bridgehead atoms. The standard InChI is InChI=1S/C28H23IN2O4S/c1-4-35-20-11-7-18(8-12-20)25(32)22-24(17-5-9-19(29)10-6-17)31(27(34)26(22)33)28-30-23-16(3)13-15(2)14-21(23)36-28/h5-14,24,32H,4H2,1-3H3. The molecule has 1 amide bonds. The maximum atomic E-state index is 13.4. The first kappa shape index (κ1) is 24.5. The van der Waals surface area contributed by atoms with Crippen LogP contribution in [0.2, 0.25) is 0 Å². The molecule has 6 nitrogen and oxygen atoms in total. The average molecular weight is 610 g/mol. The highest BCUT2D eigenvalue weighted by molar-refractivity contribution is 14.1. The van der Waals surface area contributed by atoms with Gasteiger partial charge < -0.3 is 9.84 Å². The van der Waals surface area contributed by atoms with Crippen molar-refractivity contribution >= 4 is 66.7 Å². The summed E-state index contributed by atoms with van der Waals surface area (Å²) in [6, 6.07) is 17.7. The van der Waals surface area contributed by atoms with Crippen molar-refractivity contribution < 1.29 is 19.4 Å². The predicted molar refractivity (Wildman–Crippen MR) is 151 cm³/mol. The van der Waals surface area contributed by atoms with Gasteiger partial charge in [0.1, 0.15) is 11.5 Å². The molecule has 1 saturated heterocycles. The van der Waals surface area contributed by atoms with E-state index in [0.29, 0.717) is 28.6 Å². The van der Waals surface area contributed by atoms with Crippen LogP contribution in [0.1, 0.15) is 35.2 Å². The number of benzene rings is 3. The summed E-state index contributed by atoms with van der Waals surface area (Å²) in [6.07, 6.45) is 0. The normalized spacial score (nSPS) is 17.2. The zero-order chi connectivity index (χ0) is 25.6. The summed E-state index contributed by atoms with van der Waals surface area (Å²) in [4.78, 5) is 33.0. The number of anilines is 1. The molecule has 0 aliphatic carbocycles. The van der Waals surface area contributed by atoms with Gasteiger partial charge in [0, 0.05) is 9.13 Å². The van der Waals surface area contributed by atoms with E-state index in [1.54, 1.807) is 24.3 Å². The second-order valence-corrected chi connectivity index (χ2v) is 10.9. The van der Waals surface area contributed by atoms with Crippen LogP contribution in [0.5, 0.6) is 5.75 Å². The summed E-state index contributed by atoms with van der Waals surface area (Å²) in [5.41, 5.74) is 4.09. The number of rotatable bonds is 5. The number of halogens is 1. The number of Topliss-reactive ketones (excluding diaryl/α,β-unsaturated/α-hetero) is 1. The van der Waals surface area contributed by atoms with Crippen LogP contribution < -0.4 is 9.64 Å². The van der Waals surface area contributed by atoms with Crippen LogP contribution in [-0.4, -0.2) is 28.4 Å². The number of aromatic nitrogens is 1. The van der Waals surface area contributed by atoms with E-state index in [0.717, 1.165) is 24.9 Å². The van der Waals surface area contributed by atoms with Gasteiger partial charge in [0.05, 0.1) is 28.4 Å². The predicted octanol–water partition coefficient (Wildman–Crippen LogP) is 6.54. The average Bonchev–Trinajstić information content (AvgIpc) is 3.38. The molecule has 4 aromatic rings. The minimum absolute atomic E-state index is 0.0394. The van der Waals surface area contributed by atoms with Crippen molar-refractivity contribution in [2.45, 2.75) is 26.8 Å². The molecule has 1 fully saturated rings. The molecule has 1 aliphatic rings. The topological polar surface area (TPSA) is 79.7 Å². The van der Waals surface area contributed by atoms with Crippen LogP contribution in [0.3, 0.4) is 0 Å². The first-order chi connectivity index (χ1) is 17.3. The Balaban J connectivity index is 1.69. The second kappa shape index (κ2) is 9.67. The molecule has 0 saturated carbocycles. The van der Waals surface area contributed by atoms with Crippen LogP contribution in [0.25, 0.3) is 16.0 Å². The summed E-state index contributed by atoms with van der Waals surface area (Å²) < 4.78 is 7.45. The molecule has 5 rings (SSSR count). The smallest absolute Gasteiger partial charge is 0.301 e. The highest BCUT2D eigenvalue weighted by atomic mass is 127. The van der Waals surface area contributed by atoms with E-state index in [9.17, 15) is 14.7 Å². The Morgan fingerprint density at radius 1 is 1.08 bits per heavy atom. The summed E-state index contributed by atoms with van der Waals surface area (Å²) in [6.45, 7) is 6.40. The molecule has 8 heteroatoms. The summed E-state index contributed by atoms with van der Waals surface area (Å²) >= 11 is 3.57. The third-order valence-corrected chi connectivity index (χ3v) is 7.81. The maximum absolute atomic E-state index is 13.4. The Bertz CT molecular complexity index is 1520. The molecule has 3 aromatic carbocycles. The van der Waals surface area contributed by atoms with E-state index in [4.69, 9.17) is 9.72 Å². The fraction of sp³-hybridized carbons (Fsp3) is 0.179. The summed E-state index contributed by atoms with van der Waals surface area (Å²) in [5.74, 6) is -1.02. The maximum Gasteiger partial charge on any atom is 0.301 e. The number of hydrogen-bond acceptors (Lipinski definition) is 6. The van der Waals surface area contributed by atoms with E-state index < -0.39 is 17.7 Å². The van der Waals surface area contributed by atoms with Crippen molar-refractivity contribution in [2.24, 2.45) is 0 Å². The number of amides is 1. The minimum Gasteiger partial charge on any atom is -0.507 e. The van der Waals surface area contributed by atoms with E-state index in [1.165, 1.54) is 16.2 Å². The van der Waals surface area contributed by atoms with E-state index in [-0.39, 0.29) is 11.3 Å². The SMILES string of the molecule is CCOc1ccc(C(O)=C2C(=O)C(=O)N(c3nc4c(C)cc(C)cc4s3)C2c2ccc(I)cc2)cc1. The van der Waals surface area contributed by atoms with Crippen molar-refractivity contribution in [3.8, 4) is 5.75 Å². The fourth-order valence-corrected chi connectivity index (χ4v) is 6.01. The number of thiazole rings is 1. The molecular weight excluding hydrogens is 587 g/mol. The Hall–Kier alpha value is -3.24. The lowest BCUT2D eigenvalue weighted by atomic mass is 9.95. The van der Waals surface area contributed by atoms with Gasteiger partial charge in [-0.15, -0.1) is 0 Å². The largest absolute Gasteiger partial charge is 0.507 e. The molecule has 0 spiro atoms. The molecule has 1 aliphatic heterocycles. The number of aliphatic hydroxyl groups excluding tert-OH is 1. The number of ketones is 1. The van der Waals surface area contributed by atoms with Crippen LogP contribution >= 0.6 is 33.9 Å². The first-order valence-electron chi connectivity index (χ1n) is 11.5. The number of hydrogen-bond donors (Lipinski definition) is 1. The first-order valence-corrected chi connectivity index (χ1v) is 13.4. The van der Waals surface area contributed by atoms with Crippen molar-refractivity contribution in [1.29, 1.82) is 0 Å². The van der Waals surface area contributed by atoms with Crippen LogP contribution in [0.4, 0.5) is 5.13 Å². The highest BCUT2D eigenvalue weighted by Gasteiger charge is 2.48. The summed E-state index contributed by atoms with van der Waals surface area (Å²) in [5, 5.41) is 11.7. The van der Waals surface area contributed by atoms with Gasteiger partial charge in [0.15, 0.2) is 5.13 Å². The van der Waals surface area contributed by atoms with Gasteiger partial charge in [-0.3, -0.25) is 14.5 Å².